The van der Waals surface area contributed by atoms with Crippen molar-refractivity contribution in [3.63, 3.8) is 0 Å². The number of carboxylic acid groups (broad SMARTS) is 1. The fraction of sp³-hybridized carbons (Fsp3) is 0.409. The molecule has 1 unspecified atom stereocenters. The van der Waals surface area contributed by atoms with Crippen molar-refractivity contribution in [1.82, 2.24) is 0 Å². The summed E-state index contributed by atoms with van der Waals surface area (Å²) in [6, 6.07) is 14.5. The average Bonchev–Trinajstić information content (AvgIpc) is 2.58. The molecule has 0 heterocycles. The van der Waals surface area contributed by atoms with Gasteiger partial charge in [0.2, 0.25) is 0 Å². The quantitative estimate of drug-likeness (QED) is 0.643. The standard InChI is InChI=1S/C22H28O3/c1-4-18(10-7-13-22(23)24)19-11-6-12-20(14-19)25-15-21-16(2)8-5-9-17(21)3/h5-6,8-9,11-12,14,18H,4,7,10,13,15H2,1-3H3,(H,23,24). The fourth-order valence-electron chi connectivity index (χ4n) is 3.20. The van der Waals surface area contributed by atoms with E-state index in [0.717, 1.165) is 18.6 Å². The Morgan fingerprint density at radius 3 is 2.44 bits per heavy atom. The monoisotopic (exact) mass is 340 g/mol. The van der Waals surface area contributed by atoms with Crippen LogP contribution in [0.1, 0.15) is 60.8 Å². The third kappa shape index (κ3) is 5.63. The molecule has 0 spiro atoms. The van der Waals surface area contributed by atoms with Gasteiger partial charge in [-0.15, -0.1) is 0 Å². The molecule has 2 rings (SSSR count). The van der Waals surface area contributed by atoms with Crippen LogP contribution in [0.25, 0.3) is 0 Å². The van der Waals surface area contributed by atoms with Gasteiger partial charge in [-0.2, -0.15) is 0 Å². The molecule has 3 nitrogen and oxygen atoms in total. The average molecular weight is 340 g/mol. The Morgan fingerprint density at radius 2 is 1.80 bits per heavy atom. The van der Waals surface area contributed by atoms with E-state index >= 15 is 0 Å². The molecule has 0 aliphatic carbocycles. The molecular formula is C22H28O3. The minimum absolute atomic E-state index is 0.235. The van der Waals surface area contributed by atoms with Crippen LogP contribution in [-0.2, 0) is 11.4 Å². The second kappa shape index (κ2) is 9.26. The van der Waals surface area contributed by atoms with Crippen molar-refractivity contribution in [3.8, 4) is 5.75 Å². The van der Waals surface area contributed by atoms with Gasteiger partial charge in [0.15, 0.2) is 0 Å². The molecule has 0 aliphatic heterocycles. The molecule has 0 bridgehead atoms. The Bertz CT molecular complexity index is 686. The van der Waals surface area contributed by atoms with E-state index in [4.69, 9.17) is 9.84 Å². The zero-order chi connectivity index (χ0) is 18.2. The molecule has 2 aromatic rings. The van der Waals surface area contributed by atoms with Gasteiger partial charge in [-0.3, -0.25) is 4.79 Å². The van der Waals surface area contributed by atoms with Crippen LogP contribution in [0.4, 0.5) is 0 Å². The van der Waals surface area contributed by atoms with Crippen LogP contribution in [-0.4, -0.2) is 11.1 Å². The molecule has 1 atom stereocenters. The van der Waals surface area contributed by atoms with Gasteiger partial charge in [-0.1, -0.05) is 37.3 Å². The lowest BCUT2D eigenvalue weighted by atomic mass is 9.91. The minimum Gasteiger partial charge on any atom is -0.489 e. The van der Waals surface area contributed by atoms with Gasteiger partial charge in [0, 0.05) is 6.42 Å². The summed E-state index contributed by atoms with van der Waals surface area (Å²) in [4.78, 5) is 10.7. The number of benzene rings is 2. The van der Waals surface area contributed by atoms with Crippen LogP contribution in [0.5, 0.6) is 5.75 Å². The van der Waals surface area contributed by atoms with Crippen LogP contribution < -0.4 is 4.74 Å². The molecule has 0 fully saturated rings. The minimum atomic E-state index is -0.722. The van der Waals surface area contributed by atoms with Gasteiger partial charge in [0.25, 0.3) is 0 Å². The first-order chi connectivity index (χ1) is 12.0. The highest BCUT2D eigenvalue weighted by molar-refractivity contribution is 5.66. The van der Waals surface area contributed by atoms with Crippen LogP contribution in [0.15, 0.2) is 42.5 Å². The van der Waals surface area contributed by atoms with Gasteiger partial charge < -0.3 is 9.84 Å². The van der Waals surface area contributed by atoms with Gasteiger partial charge in [-0.25, -0.2) is 0 Å². The first-order valence-electron chi connectivity index (χ1n) is 9.01. The first kappa shape index (κ1) is 19.0. The van der Waals surface area contributed by atoms with Crippen LogP contribution in [0, 0.1) is 13.8 Å². The maximum atomic E-state index is 10.7. The van der Waals surface area contributed by atoms with Crippen LogP contribution >= 0.6 is 0 Å². The summed E-state index contributed by atoms with van der Waals surface area (Å²) < 4.78 is 6.04. The van der Waals surface area contributed by atoms with E-state index in [-0.39, 0.29) is 6.42 Å². The number of carboxylic acids is 1. The highest BCUT2D eigenvalue weighted by Gasteiger charge is 2.11. The number of carbonyl (C=O) groups is 1. The SMILES string of the molecule is CCC(CCCC(=O)O)c1cccc(OCc2c(C)cccc2C)c1. The largest absolute Gasteiger partial charge is 0.489 e. The summed E-state index contributed by atoms with van der Waals surface area (Å²) in [7, 11) is 0. The first-order valence-corrected chi connectivity index (χ1v) is 9.01. The highest BCUT2D eigenvalue weighted by Crippen LogP contribution is 2.28. The number of ether oxygens (including phenoxy) is 1. The van der Waals surface area contributed by atoms with Crippen molar-refractivity contribution in [1.29, 1.82) is 0 Å². The lowest BCUT2D eigenvalue weighted by molar-refractivity contribution is -0.137. The second-order valence-corrected chi connectivity index (χ2v) is 6.62. The molecule has 0 aromatic heterocycles. The number of hydrogen-bond acceptors (Lipinski definition) is 2. The Morgan fingerprint density at radius 1 is 1.12 bits per heavy atom. The van der Waals surface area contributed by atoms with Crippen molar-refractivity contribution >= 4 is 5.97 Å². The number of aryl methyl sites for hydroxylation is 2. The summed E-state index contributed by atoms with van der Waals surface area (Å²) in [6.45, 7) is 6.93. The van der Waals surface area contributed by atoms with Crippen LogP contribution in [0.2, 0.25) is 0 Å². The smallest absolute Gasteiger partial charge is 0.303 e. The van der Waals surface area contributed by atoms with E-state index in [1.54, 1.807) is 0 Å². The third-order valence-corrected chi connectivity index (χ3v) is 4.79. The van der Waals surface area contributed by atoms with Gasteiger partial charge in [0.05, 0.1) is 0 Å². The summed E-state index contributed by atoms with van der Waals surface area (Å²) in [6.07, 6.45) is 2.84. The molecule has 0 saturated heterocycles. The van der Waals surface area contributed by atoms with Gasteiger partial charge in [0.1, 0.15) is 12.4 Å². The van der Waals surface area contributed by atoms with E-state index in [2.05, 4.69) is 51.1 Å². The number of hydrogen-bond donors (Lipinski definition) is 1. The Kier molecular flexibility index (Phi) is 7.05. The molecule has 0 amide bonds. The molecule has 25 heavy (non-hydrogen) atoms. The second-order valence-electron chi connectivity index (χ2n) is 6.62. The van der Waals surface area contributed by atoms with Gasteiger partial charge in [-0.05, 0) is 73.4 Å². The molecular weight excluding hydrogens is 312 g/mol. The normalized spacial score (nSPS) is 12.0. The summed E-state index contributed by atoms with van der Waals surface area (Å²) in [5, 5.41) is 8.82. The lowest BCUT2D eigenvalue weighted by Crippen LogP contribution is -2.03. The predicted molar refractivity (Wildman–Crippen MR) is 101 cm³/mol. The zero-order valence-corrected chi connectivity index (χ0v) is 15.4. The molecule has 0 saturated carbocycles. The van der Waals surface area contributed by atoms with Crippen molar-refractivity contribution in [3.05, 3.63) is 64.7 Å². The van der Waals surface area contributed by atoms with E-state index in [1.165, 1.54) is 22.3 Å². The molecule has 0 radical (unpaired) electrons. The third-order valence-electron chi connectivity index (χ3n) is 4.79. The fourth-order valence-corrected chi connectivity index (χ4v) is 3.20. The Balaban J connectivity index is 2.03. The lowest BCUT2D eigenvalue weighted by Gasteiger charge is -2.17. The van der Waals surface area contributed by atoms with Crippen molar-refractivity contribution in [2.45, 2.75) is 59.0 Å². The molecule has 3 heteroatoms. The topological polar surface area (TPSA) is 46.5 Å². The van der Waals surface area contributed by atoms with E-state index in [9.17, 15) is 4.79 Å². The molecule has 2 aromatic carbocycles. The Labute approximate surface area is 150 Å². The summed E-state index contributed by atoms with van der Waals surface area (Å²) >= 11 is 0. The maximum absolute atomic E-state index is 10.7. The Hall–Kier alpha value is -2.29. The van der Waals surface area contributed by atoms with E-state index in [0.29, 0.717) is 18.9 Å². The summed E-state index contributed by atoms with van der Waals surface area (Å²) in [5.41, 5.74) is 4.96. The van der Waals surface area contributed by atoms with E-state index in [1.807, 2.05) is 12.1 Å². The predicted octanol–water partition coefficient (Wildman–Crippen LogP) is 5.63. The van der Waals surface area contributed by atoms with Crippen molar-refractivity contribution in [2.24, 2.45) is 0 Å². The van der Waals surface area contributed by atoms with Gasteiger partial charge >= 0.3 is 5.97 Å². The zero-order valence-electron chi connectivity index (χ0n) is 15.4. The highest BCUT2D eigenvalue weighted by atomic mass is 16.5. The van der Waals surface area contributed by atoms with E-state index < -0.39 is 5.97 Å². The maximum Gasteiger partial charge on any atom is 0.303 e. The van der Waals surface area contributed by atoms with Crippen molar-refractivity contribution in [2.75, 3.05) is 0 Å². The molecule has 1 N–H and O–H groups in total. The molecule has 0 aliphatic rings. The van der Waals surface area contributed by atoms with Crippen molar-refractivity contribution < 1.29 is 14.6 Å². The molecule has 134 valence electrons. The number of aliphatic carboxylic acids is 1. The van der Waals surface area contributed by atoms with Crippen LogP contribution in [0.3, 0.4) is 0 Å². The number of rotatable bonds is 9. The summed E-state index contributed by atoms with van der Waals surface area (Å²) in [5.74, 6) is 0.528.